The van der Waals surface area contributed by atoms with E-state index in [-0.39, 0.29) is 17.1 Å². The van der Waals surface area contributed by atoms with Crippen LogP contribution in [-0.4, -0.2) is 32.8 Å². The van der Waals surface area contributed by atoms with Crippen LogP contribution in [-0.2, 0) is 9.59 Å². The molecular weight excluding hydrogens is 364 g/mol. The van der Waals surface area contributed by atoms with Crippen molar-refractivity contribution in [3.63, 3.8) is 0 Å². The molecule has 0 aromatic heterocycles. The topological polar surface area (TPSA) is 49.4 Å². The average molecular weight is 385 g/mol. The maximum Gasteiger partial charge on any atom is 0.241 e. The second-order valence-corrected chi connectivity index (χ2v) is 7.85. The van der Waals surface area contributed by atoms with Gasteiger partial charge in [0.15, 0.2) is 0 Å². The molecule has 130 valence electrons. The molecular formula is C17H21ClN2O2S2. The number of thioether (sulfide) groups is 1. The summed E-state index contributed by atoms with van der Waals surface area (Å²) in [6, 6.07) is 7.18. The fraction of sp³-hybridized carbons (Fsp3) is 0.471. The second-order valence-electron chi connectivity index (χ2n) is 5.61. The Bertz CT molecular complexity index is 624. The van der Waals surface area contributed by atoms with Crippen molar-refractivity contribution >= 4 is 57.4 Å². The Morgan fingerprint density at radius 1 is 1.33 bits per heavy atom. The molecule has 0 spiro atoms. The number of hydrogen-bond donors (Lipinski definition) is 1. The largest absolute Gasteiger partial charge is 0.325 e. The van der Waals surface area contributed by atoms with Gasteiger partial charge in [0.05, 0.1) is 16.0 Å². The molecule has 1 aliphatic rings. The molecule has 0 bridgehead atoms. The third-order valence-electron chi connectivity index (χ3n) is 3.81. The zero-order chi connectivity index (χ0) is 17.5. The third kappa shape index (κ3) is 5.19. The maximum absolute atomic E-state index is 12.1. The van der Waals surface area contributed by atoms with Gasteiger partial charge < -0.3 is 5.32 Å². The SMILES string of the molecule is CCC1SC(=S)N(CCCCCC(=O)Nc2ccccc2Cl)C1=O. The van der Waals surface area contributed by atoms with Crippen LogP contribution in [0.1, 0.15) is 39.0 Å². The van der Waals surface area contributed by atoms with Crippen molar-refractivity contribution in [2.24, 2.45) is 0 Å². The lowest BCUT2D eigenvalue weighted by Crippen LogP contribution is -2.32. The van der Waals surface area contributed by atoms with Gasteiger partial charge in [0.1, 0.15) is 4.32 Å². The predicted octanol–water partition coefficient (Wildman–Crippen LogP) is 4.48. The van der Waals surface area contributed by atoms with Gasteiger partial charge in [0.25, 0.3) is 0 Å². The summed E-state index contributed by atoms with van der Waals surface area (Å²) >= 11 is 12.8. The molecule has 0 radical (unpaired) electrons. The molecule has 0 aliphatic carbocycles. The molecule has 2 amide bonds. The summed E-state index contributed by atoms with van der Waals surface area (Å²) in [6.07, 6.45) is 3.75. The Kier molecular flexibility index (Phi) is 7.52. The van der Waals surface area contributed by atoms with Gasteiger partial charge in [-0.1, -0.05) is 61.1 Å². The van der Waals surface area contributed by atoms with Gasteiger partial charge >= 0.3 is 0 Å². The molecule has 0 saturated carbocycles. The maximum atomic E-state index is 12.1. The first-order chi connectivity index (χ1) is 11.5. The number of rotatable bonds is 8. The van der Waals surface area contributed by atoms with Crippen LogP contribution in [0.15, 0.2) is 24.3 Å². The van der Waals surface area contributed by atoms with Crippen LogP contribution < -0.4 is 5.32 Å². The number of benzene rings is 1. The van der Waals surface area contributed by atoms with E-state index in [0.717, 1.165) is 25.7 Å². The number of nitrogens with zero attached hydrogens (tertiary/aromatic N) is 1. The molecule has 2 rings (SSSR count). The lowest BCUT2D eigenvalue weighted by molar-refractivity contribution is -0.126. The molecule has 4 nitrogen and oxygen atoms in total. The highest BCUT2D eigenvalue weighted by atomic mass is 35.5. The van der Waals surface area contributed by atoms with Crippen LogP contribution in [0.4, 0.5) is 5.69 Å². The summed E-state index contributed by atoms with van der Waals surface area (Å²) in [7, 11) is 0. The molecule has 1 N–H and O–H groups in total. The number of unbranched alkanes of at least 4 members (excludes halogenated alkanes) is 2. The van der Waals surface area contributed by atoms with Crippen LogP contribution in [0.3, 0.4) is 0 Å². The number of hydrogen-bond acceptors (Lipinski definition) is 4. The first-order valence-electron chi connectivity index (χ1n) is 8.09. The predicted molar refractivity (Wildman–Crippen MR) is 105 cm³/mol. The van der Waals surface area contributed by atoms with Crippen molar-refractivity contribution in [1.29, 1.82) is 0 Å². The Labute approximate surface area is 157 Å². The number of thiocarbonyl (C=S) groups is 1. The number of amides is 2. The minimum absolute atomic E-state index is 0.0149. The van der Waals surface area contributed by atoms with Gasteiger partial charge in [-0.15, -0.1) is 0 Å². The summed E-state index contributed by atoms with van der Waals surface area (Å²) < 4.78 is 0.684. The number of carbonyl (C=O) groups is 2. The van der Waals surface area contributed by atoms with Crippen LogP contribution in [0.2, 0.25) is 5.02 Å². The van der Waals surface area contributed by atoms with E-state index in [1.54, 1.807) is 17.0 Å². The van der Waals surface area contributed by atoms with Gasteiger partial charge in [0.2, 0.25) is 11.8 Å². The minimum Gasteiger partial charge on any atom is -0.325 e. The number of para-hydroxylation sites is 1. The Morgan fingerprint density at radius 3 is 2.75 bits per heavy atom. The molecule has 7 heteroatoms. The van der Waals surface area contributed by atoms with E-state index in [0.29, 0.717) is 28.0 Å². The second kappa shape index (κ2) is 9.39. The van der Waals surface area contributed by atoms with Gasteiger partial charge in [-0.05, 0) is 31.4 Å². The van der Waals surface area contributed by atoms with E-state index in [1.165, 1.54) is 11.8 Å². The Balaban J connectivity index is 1.65. The summed E-state index contributed by atoms with van der Waals surface area (Å²) in [5.74, 6) is 0.0847. The fourth-order valence-corrected chi connectivity index (χ4v) is 4.13. The van der Waals surface area contributed by atoms with Crippen LogP contribution in [0, 0.1) is 0 Å². The minimum atomic E-state index is -0.0440. The summed E-state index contributed by atoms with van der Waals surface area (Å²) in [6.45, 7) is 2.65. The van der Waals surface area contributed by atoms with Crippen molar-refractivity contribution in [1.82, 2.24) is 4.90 Å². The third-order valence-corrected chi connectivity index (χ3v) is 5.89. The fourth-order valence-electron chi connectivity index (χ4n) is 2.47. The Hall–Kier alpha value is -1.11. The zero-order valence-corrected chi connectivity index (χ0v) is 16.0. The van der Waals surface area contributed by atoms with Crippen molar-refractivity contribution in [2.45, 2.75) is 44.3 Å². The van der Waals surface area contributed by atoms with Gasteiger partial charge in [-0.3, -0.25) is 14.5 Å². The van der Waals surface area contributed by atoms with Crippen LogP contribution in [0.25, 0.3) is 0 Å². The smallest absolute Gasteiger partial charge is 0.241 e. The Morgan fingerprint density at radius 2 is 2.08 bits per heavy atom. The standard InChI is InChI=1S/C17H21ClN2O2S2/c1-2-14-16(22)20(17(23)24-14)11-7-3-4-10-15(21)19-13-9-6-5-8-12(13)18/h5-6,8-9,14H,2-4,7,10-11H2,1H3,(H,19,21). The number of anilines is 1. The lowest BCUT2D eigenvalue weighted by atomic mass is 10.1. The molecule has 1 heterocycles. The molecule has 1 aromatic rings. The van der Waals surface area contributed by atoms with Crippen molar-refractivity contribution in [3.05, 3.63) is 29.3 Å². The highest BCUT2D eigenvalue weighted by molar-refractivity contribution is 8.24. The summed E-state index contributed by atoms with van der Waals surface area (Å²) in [5, 5.41) is 3.33. The van der Waals surface area contributed by atoms with Crippen molar-refractivity contribution < 1.29 is 9.59 Å². The average Bonchev–Trinajstić information content (AvgIpc) is 2.83. The van der Waals surface area contributed by atoms with E-state index in [9.17, 15) is 9.59 Å². The van der Waals surface area contributed by atoms with Gasteiger partial charge in [-0.25, -0.2) is 0 Å². The number of halogens is 1. The molecule has 1 aromatic carbocycles. The molecule has 1 atom stereocenters. The lowest BCUT2D eigenvalue weighted by Gasteiger charge is -2.15. The zero-order valence-electron chi connectivity index (χ0n) is 13.6. The molecule has 1 saturated heterocycles. The van der Waals surface area contributed by atoms with Crippen LogP contribution in [0.5, 0.6) is 0 Å². The molecule has 1 unspecified atom stereocenters. The van der Waals surface area contributed by atoms with E-state index < -0.39 is 0 Å². The summed E-state index contributed by atoms with van der Waals surface area (Å²) in [4.78, 5) is 25.7. The van der Waals surface area contributed by atoms with Gasteiger partial charge in [0, 0.05) is 13.0 Å². The van der Waals surface area contributed by atoms with Gasteiger partial charge in [-0.2, -0.15) is 0 Å². The van der Waals surface area contributed by atoms with E-state index in [2.05, 4.69) is 5.32 Å². The monoisotopic (exact) mass is 384 g/mol. The molecule has 24 heavy (non-hydrogen) atoms. The summed E-state index contributed by atoms with van der Waals surface area (Å²) in [5.41, 5.74) is 0.639. The first kappa shape index (κ1) is 19.2. The highest BCUT2D eigenvalue weighted by Crippen LogP contribution is 2.29. The van der Waals surface area contributed by atoms with E-state index in [1.807, 2.05) is 19.1 Å². The number of nitrogens with one attached hydrogen (secondary N) is 1. The number of carbonyl (C=O) groups excluding carboxylic acids is 2. The van der Waals surface area contributed by atoms with Crippen LogP contribution >= 0.6 is 35.6 Å². The normalized spacial score (nSPS) is 17.4. The van der Waals surface area contributed by atoms with Crippen molar-refractivity contribution in [2.75, 3.05) is 11.9 Å². The van der Waals surface area contributed by atoms with E-state index in [4.69, 9.17) is 23.8 Å². The quantitative estimate of drug-likeness (QED) is 0.530. The molecule has 1 aliphatic heterocycles. The molecule has 1 fully saturated rings. The first-order valence-corrected chi connectivity index (χ1v) is 9.76. The highest BCUT2D eigenvalue weighted by Gasteiger charge is 2.34. The van der Waals surface area contributed by atoms with E-state index >= 15 is 0 Å². The van der Waals surface area contributed by atoms with Crippen molar-refractivity contribution in [3.8, 4) is 0 Å².